The third kappa shape index (κ3) is 5.26. The Bertz CT molecular complexity index is 763. The first-order valence-electron chi connectivity index (χ1n) is 10.1. The molecular weight excluding hydrogens is 366 g/mol. The molecule has 1 unspecified atom stereocenters. The highest BCUT2D eigenvalue weighted by Gasteiger charge is 2.24. The van der Waals surface area contributed by atoms with Crippen LogP contribution in [0.2, 0.25) is 0 Å². The van der Waals surface area contributed by atoms with E-state index >= 15 is 0 Å². The van der Waals surface area contributed by atoms with Crippen LogP contribution in [0.3, 0.4) is 0 Å². The largest absolute Gasteiger partial charge is 0.378 e. The smallest absolute Gasteiger partial charge is 0.191 e. The number of thiophene rings is 1. The Hall–Kier alpha value is -2.05. The molecule has 152 valence electrons. The molecule has 1 aliphatic rings. The lowest BCUT2D eigenvalue weighted by Gasteiger charge is -2.27. The van der Waals surface area contributed by atoms with Gasteiger partial charge in [0.15, 0.2) is 5.96 Å². The van der Waals surface area contributed by atoms with Gasteiger partial charge in [0, 0.05) is 44.8 Å². The van der Waals surface area contributed by atoms with Crippen LogP contribution in [0.25, 0.3) is 0 Å². The van der Waals surface area contributed by atoms with E-state index in [1.165, 1.54) is 47.6 Å². The van der Waals surface area contributed by atoms with Crippen LogP contribution in [0.4, 0.5) is 5.69 Å². The van der Waals surface area contributed by atoms with Crippen LogP contribution in [0.1, 0.15) is 34.9 Å². The Labute approximate surface area is 173 Å². The Morgan fingerprint density at radius 3 is 2.61 bits per heavy atom. The van der Waals surface area contributed by atoms with Crippen molar-refractivity contribution in [2.75, 3.05) is 45.7 Å². The molecule has 0 saturated carbocycles. The van der Waals surface area contributed by atoms with E-state index in [1.807, 2.05) is 18.4 Å². The summed E-state index contributed by atoms with van der Waals surface area (Å²) in [6.45, 7) is 6.19. The summed E-state index contributed by atoms with van der Waals surface area (Å²) in [5.74, 6) is 0.858. The molecule has 1 aromatic carbocycles. The molecule has 28 heavy (non-hydrogen) atoms. The summed E-state index contributed by atoms with van der Waals surface area (Å²) in [4.78, 5) is 10.6. The van der Waals surface area contributed by atoms with Gasteiger partial charge in [-0.1, -0.05) is 12.1 Å². The van der Waals surface area contributed by atoms with Crippen molar-refractivity contribution in [1.82, 2.24) is 15.5 Å². The van der Waals surface area contributed by atoms with E-state index in [0.29, 0.717) is 6.04 Å². The van der Waals surface area contributed by atoms with Gasteiger partial charge in [-0.15, -0.1) is 11.3 Å². The lowest BCUT2D eigenvalue weighted by Crippen LogP contribution is -2.42. The minimum absolute atomic E-state index is 0.419. The van der Waals surface area contributed by atoms with Gasteiger partial charge in [-0.3, -0.25) is 9.89 Å². The molecule has 1 fully saturated rings. The summed E-state index contributed by atoms with van der Waals surface area (Å²) >= 11 is 1.85. The maximum atomic E-state index is 4.43. The fraction of sp³-hybridized carbons (Fsp3) is 0.500. The topological polar surface area (TPSA) is 42.9 Å². The van der Waals surface area contributed by atoms with Crippen molar-refractivity contribution in [3.8, 4) is 0 Å². The zero-order valence-corrected chi connectivity index (χ0v) is 18.4. The average molecular weight is 400 g/mol. The highest BCUT2D eigenvalue weighted by Crippen LogP contribution is 2.27. The monoisotopic (exact) mass is 399 g/mol. The second-order valence-electron chi connectivity index (χ2n) is 7.59. The number of guanidine groups is 1. The molecule has 2 aromatic rings. The van der Waals surface area contributed by atoms with Crippen molar-refractivity contribution >= 4 is 23.0 Å². The molecule has 0 spiro atoms. The molecule has 0 bridgehead atoms. The first kappa shape index (κ1) is 20.7. The highest BCUT2D eigenvalue weighted by molar-refractivity contribution is 7.10. The number of nitrogens with zero attached hydrogens (tertiary/aromatic N) is 3. The van der Waals surface area contributed by atoms with Gasteiger partial charge >= 0.3 is 0 Å². The Morgan fingerprint density at radius 1 is 1.21 bits per heavy atom. The van der Waals surface area contributed by atoms with Gasteiger partial charge in [0.05, 0.1) is 6.04 Å². The minimum atomic E-state index is 0.419. The van der Waals surface area contributed by atoms with E-state index in [4.69, 9.17) is 0 Å². The number of rotatable bonds is 7. The molecule has 1 aromatic heterocycles. The summed E-state index contributed by atoms with van der Waals surface area (Å²) in [5, 5.41) is 9.20. The molecule has 0 radical (unpaired) electrons. The lowest BCUT2D eigenvalue weighted by molar-refractivity contribution is 0.249. The van der Waals surface area contributed by atoms with E-state index in [2.05, 4.69) is 82.2 Å². The van der Waals surface area contributed by atoms with E-state index in [0.717, 1.165) is 19.0 Å². The van der Waals surface area contributed by atoms with Crippen molar-refractivity contribution in [2.45, 2.75) is 32.4 Å². The quantitative estimate of drug-likeness (QED) is 0.551. The molecule has 2 N–H and O–H groups in total. The van der Waals surface area contributed by atoms with Crippen LogP contribution in [-0.4, -0.2) is 51.6 Å². The zero-order valence-electron chi connectivity index (χ0n) is 17.5. The third-order valence-corrected chi connectivity index (χ3v) is 6.40. The maximum absolute atomic E-state index is 4.43. The minimum Gasteiger partial charge on any atom is -0.378 e. The number of nitrogens with one attached hydrogen (secondary N) is 2. The maximum Gasteiger partial charge on any atom is 0.191 e. The molecule has 1 saturated heterocycles. The Balaban J connectivity index is 1.58. The molecule has 6 heteroatoms. The molecule has 5 nitrogen and oxygen atoms in total. The van der Waals surface area contributed by atoms with Crippen LogP contribution in [-0.2, 0) is 6.54 Å². The van der Waals surface area contributed by atoms with Crippen molar-refractivity contribution < 1.29 is 0 Å². The Kier molecular flexibility index (Phi) is 7.34. The number of anilines is 1. The van der Waals surface area contributed by atoms with Crippen molar-refractivity contribution in [1.29, 1.82) is 0 Å². The number of benzene rings is 1. The van der Waals surface area contributed by atoms with Crippen LogP contribution < -0.4 is 15.5 Å². The van der Waals surface area contributed by atoms with Gasteiger partial charge in [0.25, 0.3) is 0 Å². The average Bonchev–Trinajstić information content (AvgIpc) is 3.39. The van der Waals surface area contributed by atoms with E-state index in [-0.39, 0.29) is 0 Å². The predicted molar refractivity (Wildman–Crippen MR) is 122 cm³/mol. The van der Waals surface area contributed by atoms with Crippen molar-refractivity contribution in [3.05, 3.63) is 51.7 Å². The summed E-state index contributed by atoms with van der Waals surface area (Å²) in [6.07, 6.45) is 2.61. The summed E-state index contributed by atoms with van der Waals surface area (Å²) in [7, 11) is 5.99. The van der Waals surface area contributed by atoms with Gasteiger partial charge in [-0.25, -0.2) is 0 Å². The third-order valence-electron chi connectivity index (χ3n) is 5.43. The second-order valence-corrected chi connectivity index (χ2v) is 8.57. The molecule has 3 rings (SSSR count). The number of hydrogen-bond acceptors (Lipinski definition) is 4. The van der Waals surface area contributed by atoms with Gasteiger partial charge in [0.2, 0.25) is 0 Å². The van der Waals surface area contributed by atoms with Crippen LogP contribution in [0.15, 0.2) is 40.7 Å². The normalized spacial score (nSPS) is 16.2. The molecular formula is C22H33N5S. The van der Waals surface area contributed by atoms with Crippen LogP contribution >= 0.6 is 11.3 Å². The number of aliphatic imine (C=N–C) groups is 1. The fourth-order valence-electron chi connectivity index (χ4n) is 3.69. The van der Waals surface area contributed by atoms with E-state index < -0.39 is 0 Å². The number of aryl methyl sites for hydroxylation is 1. The highest BCUT2D eigenvalue weighted by atomic mass is 32.1. The first-order valence-corrected chi connectivity index (χ1v) is 10.9. The van der Waals surface area contributed by atoms with Crippen LogP contribution in [0.5, 0.6) is 0 Å². The van der Waals surface area contributed by atoms with Gasteiger partial charge < -0.3 is 15.5 Å². The van der Waals surface area contributed by atoms with E-state index in [9.17, 15) is 0 Å². The molecule has 1 atom stereocenters. The van der Waals surface area contributed by atoms with Crippen molar-refractivity contribution in [3.63, 3.8) is 0 Å². The van der Waals surface area contributed by atoms with Gasteiger partial charge in [-0.05, 0) is 67.6 Å². The Morgan fingerprint density at radius 2 is 2.00 bits per heavy atom. The van der Waals surface area contributed by atoms with E-state index in [1.54, 1.807) is 0 Å². The van der Waals surface area contributed by atoms with Crippen molar-refractivity contribution in [2.24, 2.45) is 4.99 Å². The number of hydrogen-bond donors (Lipinski definition) is 2. The molecule has 2 heterocycles. The number of likely N-dealkylation sites (tertiary alicyclic amines) is 1. The summed E-state index contributed by atoms with van der Waals surface area (Å²) < 4.78 is 0. The van der Waals surface area contributed by atoms with Gasteiger partial charge in [0.1, 0.15) is 0 Å². The predicted octanol–water partition coefficient (Wildman–Crippen LogP) is 3.62. The lowest BCUT2D eigenvalue weighted by atomic mass is 10.1. The second kappa shape index (κ2) is 9.94. The summed E-state index contributed by atoms with van der Waals surface area (Å²) in [6, 6.07) is 11.4. The van der Waals surface area contributed by atoms with Gasteiger partial charge in [-0.2, -0.15) is 0 Å². The molecule has 0 aliphatic carbocycles. The zero-order chi connectivity index (χ0) is 19.9. The SMILES string of the molecule is CN=C(NCc1ccc(N(C)C)cc1C)NCC(c1cccs1)N1CCCC1. The molecule has 1 aliphatic heterocycles. The first-order chi connectivity index (χ1) is 13.6. The molecule has 0 amide bonds. The van der Waals surface area contributed by atoms with Crippen LogP contribution in [0, 0.1) is 6.92 Å². The standard InChI is InChI=1S/C22H33N5S/c1-17-14-19(26(3)4)10-9-18(17)15-24-22(23-2)25-16-20(21-8-7-13-28-21)27-11-5-6-12-27/h7-10,13-14,20H,5-6,11-12,15-16H2,1-4H3,(H2,23,24,25). The fourth-order valence-corrected chi connectivity index (χ4v) is 4.55. The summed E-state index contributed by atoms with van der Waals surface area (Å²) in [5.41, 5.74) is 3.82.